The van der Waals surface area contributed by atoms with Gasteiger partial charge in [0.1, 0.15) is 0 Å². The zero-order valence-corrected chi connectivity index (χ0v) is 18.0. The number of non-ortho nitro benzene ring substituents is 1. The summed E-state index contributed by atoms with van der Waals surface area (Å²) in [5, 5.41) is 31.3. The molecule has 93 valence electrons. The third kappa shape index (κ3) is 6.35. The van der Waals surface area contributed by atoms with Gasteiger partial charge in [0.05, 0.1) is 11.4 Å². The van der Waals surface area contributed by atoms with Crippen LogP contribution < -0.4 is 0 Å². The molecule has 0 aliphatic carbocycles. The molecule has 0 aromatic heterocycles. The summed E-state index contributed by atoms with van der Waals surface area (Å²) in [6.45, 7) is 1.10. The summed E-state index contributed by atoms with van der Waals surface area (Å²) in [4.78, 5) is 28.4. The molecule has 1 rings (SSSR count). The summed E-state index contributed by atoms with van der Waals surface area (Å²) in [5.74, 6) is 0. The monoisotopic (exact) mass is 492 g/mol. The fraction of sp³-hybridized carbons (Fsp3) is 0.143. The zero-order valence-electron chi connectivity index (χ0n) is 9.52. The van der Waals surface area contributed by atoms with E-state index in [1.807, 2.05) is 12.1 Å². The Balaban J connectivity index is -0.000000853. The first-order valence-electron chi connectivity index (χ1n) is 3.77. The molecule has 19 heavy (non-hydrogen) atoms. The second-order valence-corrected chi connectivity index (χ2v) is 2.69. The van der Waals surface area contributed by atoms with Crippen LogP contribution in [0.25, 0.3) is 0 Å². The van der Waals surface area contributed by atoms with E-state index in [0.29, 0.717) is 0 Å². The maximum Gasteiger partial charge on any atom is 0.0639 e. The van der Waals surface area contributed by atoms with Crippen molar-refractivity contribution in [2.45, 2.75) is 6.92 Å². The molecule has 0 saturated heterocycles. The molecule has 0 spiro atoms. The van der Waals surface area contributed by atoms with Crippen LogP contribution >= 0.6 is 0 Å². The van der Waals surface area contributed by atoms with E-state index < -0.39 is 31.8 Å². The molecule has 0 bridgehead atoms. The van der Waals surface area contributed by atoms with E-state index in [4.69, 9.17) is 0 Å². The number of hydrogen-bond acceptors (Lipinski definition) is 6. The van der Waals surface area contributed by atoms with Gasteiger partial charge in [-0.15, -0.1) is 12.5 Å². The van der Waals surface area contributed by atoms with Crippen LogP contribution in [-0.4, -0.2) is 14.8 Å². The molecule has 3 radical (unpaired) electrons. The summed E-state index contributed by atoms with van der Waals surface area (Å²) < 4.78 is 0. The third-order valence-corrected chi connectivity index (χ3v) is 1.73. The van der Waals surface area contributed by atoms with Crippen molar-refractivity contribution >= 4 is 17.1 Å². The normalized spacial score (nSPS) is 8.26. The fourth-order valence-corrected chi connectivity index (χ4v) is 1.01. The Morgan fingerprint density at radius 2 is 1.11 bits per heavy atom. The number of nitro benzene ring substituents is 3. The Labute approximate surface area is 182 Å². The van der Waals surface area contributed by atoms with E-state index in [9.17, 15) is 30.3 Å². The minimum Gasteiger partial charge on any atom is -0.262 e. The summed E-state index contributed by atoms with van der Waals surface area (Å²) in [6, 6.07) is 3.70. The van der Waals surface area contributed by atoms with Crippen LogP contribution in [0.2, 0.25) is 0 Å². The predicted octanol–water partition coefficient (Wildman–Crippen LogP) is 1.31. The number of nitrogens with zero attached hydrogens (tertiary/aromatic N) is 3. The van der Waals surface area contributed by atoms with Crippen LogP contribution in [0.4, 0.5) is 17.1 Å². The van der Waals surface area contributed by atoms with Crippen molar-refractivity contribution in [2.75, 3.05) is 0 Å². The molecule has 0 fully saturated rings. The molecule has 0 aliphatic rings. The standard InChI is InChI=1S/C7H3N3O6.3Y/c1-4-6(9(13)14)2-5(8(11)12)3-7(4)10(15)16;;;/h1H3;;;/q-2;;;. The van der Waals surface area contributed by atoms with Crippen molar-refractivity contribution in [3.05, 3.63) is 48.0 Å². The van der Waals surface area contributed by atoms with Gasteiger partial charge in [-0.2, -0.15) is 12.1 Å². The van der Waals surface area contributed by atoms with Crippen LogP contribution in [0.1, 0.15) is 5.56 Å². The van der Waals surface area contributed by atoms with E-state index in [-0.39, 0.29) is 104 Å². The van der Waals surface area contributed by atoms with Gasteiger partial charge < -0.3 is 0 Å². The average Bonchev–Trinajstić information content (AvgIpc) is 2.16. The summed E-state index contributed by atoms with van der Waals surface area (Å²) >= 11 is 0. The Bertz CT molecular complexity index is 474. The van der Waals surface area contributed by atoms with E-state index in [2.05, 4.69) is 0 Å². The fourth-order valence-electron chi connectivity index (χ4n) is 1.01. The topological polar surface area (TPSA) is 129 Å². The van der Waals surface area contributed by atoms with Crippen molar-refractivity contribution in [3.63, 3.8) is 0 Å². The minimum atomic E-state index is -1.03. The Kier molecular flexibility index (Phi) is 13.6. The Morgan fingerprint density at radius 3 is 1.32 bits per heavy atom. The molecule has 0 N–H and O–H groups in total. The van der Waals surface area contributed by atoms with Crippen LogP contribution in [-0.2, 0) is 98.1 Å². The molecule has 0 heterocycles. The van der Waals surface area contributed by atoms with E-state index in [0.717, 1.165) is 6.92 Å². The number of benzene rings is 1. The van der Waals surface area contributed by atoms with Gasteiger partial charge in [-0.25, -0.2) is 0 Å². The van der Waals surface area contributed by atoms with Gasteiger partial charge in [-0.3, -0.25) is 30.3 Å². The molecule has 0 aliphatic heterocycles. The van der Waals surface area contributed by atoms with E-state index in [1.54, 1.807) is 0 Å². The maximum atomic E-state index is 10.5. The Hall–Kier alpha value is 0.732. The van der Waals surface area contributed by atoms with Crippen molar-refractivity contribution in [2.24, 2.45) is 0 Å². The predicted molar refractivity (Wildman–Crippen MR) is 48.8 cm³/mol. The van der Waals surface area contributed by atoms with Gasteiger partial charge in [0.15, 0.2) is 0 Å². The SMILES string of the molecule is Cc1c([N+](=O)[O-])[c-]c([N+](=O)[O-])[c-]c1[N+](=O)[O-].[Y].[Y].[Y]. The first-order valence-corrected chi connectivity index (χ1v) is 3.77. The molecule has 1 aromatic carbocycles. The molecule has 0 atom stereocenters. The van der Waals surface area contributed by atoms with Gasteiger partial charge in [-0.1, -0.05) is 0 Å². The Morgan fingerprint density at radius 1 is 0.789 bits per heavy atom. The summed E-state index contributed by atoms with van der Waals surface area (Å²) in [5.41, 5.74) is -2.83. The molecule has 9 nitrogen and oxygen atoms in total. The number of nitro groups is 3. The molecule has 0 amide bonds. The van der Waals surface area contributed by atoms with Gasteiger partial charge in [0.2, 0.25) is 0 Å². The molecule has 0 unspecified atom stereocenters. The first kappa shape index (κ1) is 24.7. The summed E-state index contributed by atoms with van der Waals surface area (Å²) in [6.07, 6.45) is 0. The number of hydrogen-bond donors (Lipinski definition) is 0. The van der Waals surface area contributed by atoms with Gasteiger partial charge in [0, 0.05) is 119 Å². The maximum absolute atomic E-state index is 10.5. The minimum absolute atomic E-state index is 0. The van der Waals surface area contributed by atoms with Crippen molar-refractivity contribution in [1.29, 1.82) is 0 Å². The zero-order chi connectivity index (χ0) is 12.5. The van der Waals surface area contributed by atoms with E-state index in [1.165, 1.54) is 0 Å². The van der Waals surface area contributed by atoms with Gasteiger partial charge >= 0.3 is 0 Å². The van der Waals surface area contributed by atoms with Crippen LogP contribution in [0.15, 0.2) is 0 Å². The van der Waals surface area contributed by atoms with Crippen LogP contribution in [0, 0.1) is 49.4 Å². The molecule has 1 aromatic rings. The molecule has 12 heteroatoms. The third-order valence-electron chi connectivity index (χ3n) is 1.73. The van der Waals surface area contributed by atoms with Crippen molar-refractivity contribution < 1.29 is 113 Å². The first-order chi connectivity index (χ1) is 7.34. The number of rotatable bonds is 3. The quantitative estimate of drug-likeness (QED) is 0.356. The van der Waals surface area contributed by atoms with E-state index >= 15 is 0 Å². The van der Waals surface area contributed by atoms with Gasteiger partial charge in [0.25, 0.3) is 0 Å². The van der Waals surface area contributed by atoms with Gasteiger partial charge in [-0.05, 0) is 0 Å². The molecule has 0 saturated carbocycles. The summed E-state index contributed by atoms with van der Waals surface area (Å²) in [7, 11) is 0. The molecular formula is C7H3N3O6Y3-2. The van der Waals surface area contributed by atoms with Crippen molar-refractivity contribution in [1.82, 2.24) is 0 Å². The molecular weight excluding hydrogens is 489 g/mol. The second-order valence-electron chi connectivity index (χ2n) is 2.69. The average molecular weight is 492 g/mol. The second kappa shape index (κ2) is 10.5. The van der Waals surface area contributed by atoms with Crippen LogP contribution in [0.5, 0.6) is 0 Å². The smallest absolute Gasteiger partial charge is 0.0639 e. The van der Waals surface area contributed by atoms with Crippen LogP contribution in [0.3, 0.4) is 0 Å². The largest absolute Gasteiger partial charge is 0.262 e. The van der Waals surface area contributed by atoms with Crippen molar-refractivity contribution in [3.8, 4) is 0 Å².